The smallest absolute Gasteiger partial charge is 0.0280 e. The van der Waals surface area contributed by atoms with E-state index in [-0.39, 0.29) is 0 Å². The fourth-order valence-electron chi connectivity index (χ4n) is 2.78. The van der Waals surface area contributed by atoms with E-state index in [0.29, 0.717) is 0 Å². The van der Waals surface area contributed by atoms with Crippen LogP contribution in [0.2, 0.25) is 0 Å². The number of rotatable bonds is 9. The molecule has 0 spiro atoms. The summed E-state index contributed by atoms with van der Waals surface area (Å²) < 4.78 is 0. The molecular formula is C18H32. The summed E-state index contributed by atoms with van der Waals surface area (Å²) >= 11 is 0. The van der Waals surface area contributed by atoms with Gasteiger partial charge in [-0.15, -0.1) is 0 Å². The van der Waals surface area contributed by atoms with Crippen molar-refractivity contribution in [1.29, 1.82) is 0 Å². The van der Waals surface area contributed by atoms with Gasteiger partial charge >= 0.3 is 0 Å². The molecule has 0 nitrogen and oxygen atoms in total. The molecule has 0 unspecified atom stereocenters. The number of hydrogen-bond acceptors (Lipinski definition) is 0. The highest BCUT2D eigenvalue weighted by Crippen LogP contribution is 2.31. The molecule has 1 fully saturated rings. The van der Waals surface area contributed by atoms with Gasteiger partial charge in [-0.2, -0.15) is 0 Å². The molecule has 0 bridgehead atoms. The summed E-state index contributed by atoms with van der Waals surface area (Å²) in [6, 6.07) is 0. The van der Waals surface area contributed by atoms with Crippen LogP contribution in [0.5, 0.6) is 0 Å². The second-order valence-electron chi connectivity index (χ2n) is 5.86. The predicted molar refractivity (Wildman–Crippen MR) is 82.8 cm³/mol. The van der Waals surface area contributed by atoms with Gasteiger partial charge in [-0.3, -0.25) is 0 Å². The Morgan fingerprint density at radius 3 is 2.39 bits per heavy atom. The fourth-order valence-corrected chi connectivity index (χ4v) is 2.78. The molecule has 0 aromatic heterocycles. The van der Waals surface area contributed by atoms with Gasteiger partial charge in [-0.05, 0) is 44.6 Å². The first-order valence-corrected chi connectivity index (χ1v) is 8.10. The van der Waals surface area contributed by atoms with Crippen molar-refractivity contribution >= 4 is 0 Å². The van der Waals surface area contributed by atoms with E-state index in [4.69, 9.17) is 0 Å². The summed E-state index contributed by atoms with van der Waals surface area (Å²) in [6.07, 6.45) is 18.9. The van der Waals surface area contributed by atoms with Gasteiger partial charge in [0, 0.05) is 0 Å². The zero-order chi connectivity index (χ0) is 13.2. The number of hydrogen-bond donors (Lipinski definition) is 0. The summed E-state index contributed by atoms with van der Waals surface area (Å²) in [6.45, 7) is 6.64. The third kappa shape index (κ3) is 5.89. The van der Waals surface area contributed by atoms with Crippen LogP contribution in [0, 0.1) is 5.92 Å². The molecule has 0 saturated heterocycles. The monoisotopic (exact) mass is 248 g/mol. The van der Waals surface area contributed by atoms with Gasteiger partial charge in [0.15, 0.2) is 0 Å². The van der Waals surface area contributed by atoms with E-state index < -0.39 is 0 Å². The normalized spacial score (nSPS) is 17.9. The summed E-state index contributed by atoms with van der Waals surface area (Å²) in [5, 5.41) is 0. The van der Waals surface area contributed by atoms with Crippen molar-refractivity contribution in [3.8, 4) is 0 Å². The van der Waals surface area contributed by atoms with Crippen LogP contribution >= 0.6 is 0 Å². The highest BCUT2D eigenvalue weighted by Gasteiger charge is 2.15. The second kappa shape index (κ2) is 9.42. The summed E-state index contributed by atoms with van der Waals surface area (Å²) in [4.78, 5) is 0. The summed E-state index contributed by atoms with van der Waals surface area (Å²) in [5.74, 6) is 1.10. The van der Waals surface area contributed by atoms with E-state index in [2.05, 4.69) is 32.9 Å². The number of allylic oxidation sites excluding steroid dienone is 4. The average molecular weight is 248 g/mol. The molecule has 104 valence electrons. The SMILES string of the molecule is CC=C(C)C(=CCC)CCCCCCC1CCC1. The molecule has 1 aliphatic carbocycles. The Morgan fingerprint density at radius 2 is 1.83 bits per heavy atom. The quantitative estimate of drug-likeness (QED) is 0.326. The van der Waals surface area contributed by atoms with Crippen LogP contribution in [0.1, 0.15) is 85.0 Å². The van der Waals surface area contributed by atoms with E-state index in [1.807, 2.05) is 0 Å². The minimum atomic E-state index is 1.10. The van der Waals surface area contributed by atoms with Crippen LogP contribution in [0.3, 0.4) is 0 Å². The molecule has 0 N–H and O–H groups in total. The molecule has 0 heteroatoms. The first-order valence-electron chi connectivity index (χ1n) is 8.10. The lowest BCUT2D eigenvalue weighted by Crippen LogP contribution is -2.10. The zero-order valence-corrected chi connectivity index (χ0v) is 12.8. The molecular weight excluding hydrogens is 216 g/mol. The number of unbranched alkanes of at least 4 members (excludes halogenated alkanes) is 3. The van der Waals surface area contributed by atoms with Gasteiger partial charge in [-0.1, -0.05) is 69.6 Å². The van der Waals surface area contributed by atoms with Crippen molar-refractivity contribution in [2.45, 2.75) is 85.0 Å². The Balaban J connectivity index is 2.05. The Morgan fingerprint density at radius 1 is 1.11 bits per heavy atom. The van der Waals surface area contributed by atoms with Crippen molar-refractivity contribution in [3.63, 3.8) is 0 Å². The van der Waals surface area contributed by atoms with Crippen LogP contribution in [0.25, 0.3) is 0 Å². The second-order valence-corrected chi connectivity index (χ2v) is 5.86. The molecule has 0 radical (unpaired) electrons. The molecule has 0 atom stereocenters. The lowest BCUT2D eigenvalue weighted by Gasteiger charge is -2.24. The zero-order valence-electron chi connectivity index (χ0n) is 12.8. The Labute approximate surface area is 115 Å². The maximum Gasteiger partial charge on any atom is -0.0280 e. The third-order valence-corrected chi connectivity index (χ3v) is 4.42. The molecule has 0 amide bonds. The molecule has 0 heterocycles. The highest BCUT2D eigenvalue weighted by molar-refractivity contribution is 5.28. The standard InChI is InChI=1S/C18H32/c1-4-11-18(16(3)5-2)15-9-7-6-8-12-17-13-10-14-17/h5,11,17H,4,6-10,12-15H2,1-3H3. The molecule has 1 rings (SSSR count). The van der Waals surface area contributed by atoms with E-state index in [1.165, 1.54) is 69.8 Å². The fraction of sp³-hybridized carbons (Fsp3) is 0.778. The molecule has 0 aliphatic heterocycles. The lowest BCUT2D eigenvalue weighted by molar-refractivity contribution is 0.286. The topological polar surface area (TPSA) is 0 Å². The average Bonchev–Trinajstić information content (AvgIpc) is 2.33. The van der Waals surface area contributed by atoms with Crippen molar-refractivity contribution < 1.29 is 0 Å². The Bertz CT molecular complexity index is 266. The maximum absolute atomic E-state index is 2.41. The highest BCUT2D eigenvalue weighted by atomic mass is 14.2. The Kier molecular flexibility index (Phi) is 8.13. The largest absolute Gasteiger partial charge is 0.0845 e. The summed E-state index contributed by atoms with van der Waals surface area (Å²) in [7, 11) is 0. The summed E-state index contributed by atoms with van der Waals surface area (Å²) in [5.41, 5.74) is 3.06. The van der Waals surface area contributed by atoms with Crippen molar-refractivity contribution in [3.05, 3.63) is 23.3 Å². The Hall–Kier alpha value is -0.520. The van der Waals surface area contributed by atoms with E-state index in [9.17, 15) is 0 Å². The van der Waals surface area contributed by atoms with Crippen molar-refractivity contribution in [1.82, 2.24) is 0 Å². The van der Waals surface area contributed by atoms with Crippen LogP contribution in [0.15, 0.2) is 23.3 Å². The molecule has 0 aromatic carbocycles. The van der Waals surface area contributed by atoms with Gasteiger partial charge < -0.3 is 0 Å². The van der Waals surface area contributed by atoms with Crippen LogP contribution < -0.4 is 0 Å². The first kappa shape index (κ1) is 15.5. The van der Waals surface area contributed by atoms with Gasteiger partial charge in [0.1, 0.15) is 0 Å². The molecule has 1 aliphatic rings. The predicted octanol–water partition coefficient (Wildman–Crippen LogP) is 6.43. The molecule has 0 aromatic rings. The minimum Gasteiger partial charge on any atom is -0.0845 e. The van der Waals surface area contributed by atoms with Gasteiger partial charge in [0.2, 0.25) is 0 Å². The van der Waals surface area contributed by atoms with Crippen LogP contribution in [0.4, 0.5) is 0 Å². The van der Waals surface area contributed by atoms with E-state index in [0.717, 1.165) is 5.92 Å². The molecule has 1 saturated carbocycles. The van der Waals surface area contributed by atoms with Crippen LogP contribution in [-0.4, -0.2) is 0 Å². The lowest BCUT2D eigenvalue weighted by atomic mass is 9.81. The van der Waals surface area contributed by atoms with Gasteiger partial charge in [-0.25, -0.2) is 0 Å². The molecule has 18 heavy (non-hydrogen) atoms. The van der Waals surface area contributed by atoms with Crippen molar-refractivity contribution in [2.24, 2.45) is 5.92 Å². The van der Waals surface area contributed by atoms with E-state index >= 15 is 0 Å². The minimum absolute atomic E-state index is 1.10. The third-order valence-electron chi connectivity index (χ3n) is 4.42. The first-order chi connectivity index (χ1) is 8.77. The van der Waals surface area contributed by atoms with Crippen LogP contribution in [-0.2, 0) is 0 Å². The maximum atomic E-state index is 2.41. The van der Waals surface area contributed by atoms with E-state index in [1.54, 1.807) is 5.57 Å². The van der Waals surface area contributed by atoms with Gasteiger partial charge in [0.05, 0.1) is 0 Å². The van der Waals surface area contributed by atoms with Gasteiger partial charge in [0.25, 0.3) is 0 Å². The van der Waals surface area contributed by atoms with Crippen molar-refractivity contribution in [2.75, 3.05) is 0 Å².